The van der Waals surface area contributed by atoms with Gasteiger partial charge in [0.2, 0.25) is 0 Å². The summed E-state index contributed by atoms with van der Waals surface area (Å²) in [6.07, 6.45) is 1.25. The molecule has 100 valence electrons. The highest BCUT2D eigenvalue weighted by Gasteiger charge is 2.18. The van der Waals surface area contributed by atoms with Crippen molar-refractivity contribution in [1.29, 1.82) is 0 Å². The Morgan fingerprint density at radius 3 is 2.74 bits per heavy atom. The lowest BCUT2D eigenvalue weighted by atomic mass is 10.2. The van der Waals surface area contributed by atoms with Gasteiger partial charge >= 0.3 is 0 Å². The molecule has 0 bridgehead atoms. The zero-order valence-electron chi connectivity index (χ0n) is 9.48. The van der Waals surface area contributed by atoms with E-state index in [2.05, 4.69) is 15.9 Å². The van der Waals surface area contributed by atoms with Crippen molar-refractivity contribution in [3.8, 4) is 0 Å². The number of rotatable bonds is 3. The molecule has 7 heteroatoms. The predicted molar refractivity (Wildman–Crippen MR) is 74.6 cm³/mol. The fourth-order valence-corrected chi connectivity index (χ4v) is 3.30. The Morgan fingerprint density at radius 2 is 2.11 bits per heavy atom. The highest BCUT2D eigenvalue weighted by Crippen LogP contribution is 2.22. The summed E-state index contributed by atoms with van der Waals surface area (Å²) in [5.74, 6) is -0.676. The summed E-state index contributed by atoms with van der Waals surface area (Å²) in [6, 6.07) is 7.26. The Balaban J connectivity index is 2.31. The standard InChI is InChI=1S/C12H8BrClFNO2S/c13-8-4-5-12(16(17)6-8)19(18)7-9-10(14)2-1-3-11(9)15/h1-6H,7H2. The van der Waals surface area contributed by atoms with Gasteiger partial charge in [-0.3, -0.25) is 0 Å². The minimum absolute atomic E-state index is 0.0579. The lowest BCUT2D eigenvalue weighted by Crippen LogP contribution is -2.32. The van der Waals surface area contributed by atoms with Gasteiger partial charge in [-0.1, -0.05) is 17.7 Å². The number of benzene rings is 1. The van der Waals surface area contributed by atoms with Crippen LogP contribution in [0.4, 0.5) is 4.39 Å². The molecule has 0 aliphatic rings. The van der Waals surface area contributed by atoms with E-state index in [1.807, 2.05) is 0 Å². The summed E-state index contributed by atoms with van der Waals surface area (Å²) in [7, 11) is -1.67. The summed E-state index contributed by atoms with van der Waals surface area (Å²) in [6.45, 7) is 0. The molecule has 1 heterocycles. The van der Waals surface area contributed by atoms with Crippen LogP contribution in [0.2, 0.25) is 5.02 Å². The van der Waals surface area contributed by atoms with Gasteiger partial charge in [0.1, 0.15) is 16.6 Å². The first-order valence-corrected chi connectivity index (χ1v) is 7.68. The molecule has 0 N–H and O–H groups in total. The third-order valence-corrected chi connectivity index (χ3v) is 4.57. The van der Waals surface area contributed by atoms with Crippen molar-refractivity contribution in [2.45, 2.75) is 10.8 Å². The molecule has 19 heavy (non-hydrogen) atoms. The van der Waals surface area contributed by atoms with Crippen molar-refractivity contribution in [3.05, 3.63) is 62.6 Å². The molecule has 0 saturated carbocycles. The van der Waals surface area contributed by atoms with Crippen LogP contribution in [0.1, 0.15) is 5.56 Å². The van der Waals surface area contributed by atoms with Gasteiger partial charge in [-0.25, -0.2) is 8.60 Å². The predicted octanol–water partition coefficient (Wildman–Crippen LogP) is 3.18. The van der Waals surface area contributed by atoms with E-state index in [9.17, 15) is 13.8 Å². The topological polar surface area (TPSA) is 44.0 Å². The summed E-state index contributed by atoms with van der Waals surface area (Å²) in [5, 5.41) is 11.9. The molecule has 2 rings (SSSR count). The monoisotopic (exact) mass is 363 g/mol. The third kappa shape index (κ3) is 3.32. The van der Waals surface area contributed by atoms with Crippen LogP contribution in [0.15, 0.2) is 46.0 Å². The molecule has 1 aromatic carbocycles. The zero-order chi connectivity index (χ0) is 14.0. The van der Waals surface area contributed by atoms with Crippen molar-refractivity contribution in [2.75, 3.05) is 0 Å². The largest absolute Gasteiger partial charge is 0.618 e. The zero-order valence-corrected chi connectivity index (χ0v) is 12.6. The second-order valence-electron chi connectivity index (χ2n) is 3.70. The van der Waals surface area contributed by atoms with Crippen LogP contribution in [-0.2, 0) is 16.6 Å². The van der Waals surface area contributed by atoms with E-state index in [1.54, 1.807) is 6.07 Å². The molecule has 0 saturated heterocycles. The lowest BCUT2D eigenvalue weighted by Gasteiger charge is -2.06. The molecule has 0 aliphatic carbocycles. The first-order valence-electron chi connectivity index (χ1n) is 5.19. The van der Waals surface area contributed by atoms with Gasteiger partial charge in [0.25, 0.3) is 5.03 Å². The number of halogens is 3. The van der Waals surface area contributed by atoms with Crippen molar-refractivity contribution in [1.82, 2.24) is 0 Å². The maximum Gasteiger partial charge on any atom is 0.281 e. The van der Waals surface area contributed by atoms with E-state index in [4.69, 9.17) is 11.6 Å². The van der Waals surface area contributed by atoms with Crippen molar-refractivity contribution >= 4 is 38.3 Å². The lowest BCUT2D eigenvalue weighted by molar-refractivity contribution is -0.646. The fourth-order valence-electron chi connectivity index (χ4n) is 1.49. The summed E-state index contributed by atoms with van der Waals surface area (Å²) >= 11 is 8.99. The molecule has 0 fully saturated rings. The SMILES string of the molecule is O=S(Cc1c(F)cccc1Cl)c1ccc(Br)c[n+]1[O-]. The highest BCUT2D eigenvalue weighted by atomic mass is 79.9. The molecule has 1 atom stereocenters. The maximum atomic E-state index is 13.6. The second-order valence-corrected chi connectivity index (χ2v) is 6.42. The van der Waals surface area contributed by atoms with Crippen molar-refractivity contribution in [2.24, 2.45) is 0 Å². The Morgan fingerprint density at radius 1 is 1.37 bits per heavy atom. The smallest absolute Gasteiger partial charge is 0.281 e. The summed E-state index contributed by atoms with van der Waals surface area (Å²) in [5.41, 5.74) is 0.144. The van der Waals surface area contributed by atoms with Crippen LogP contribution in [-0.4, -0.2) is 4.21 Å². The number of hydrogen-bond donors (Lipinski definition) is 0. The van der Waals surface area contributed by atoms with E-state index in [0.29, 0.717) is 9.20 Å². The molecule has 2 aromatic rings. The number of pyridine rings is 1. The quantitative estimate of drug-likeness (QED) is 0.620. The van der Waals surface area contributed by atoms with Gasteiger partial charge in [-0.2, -0.15) is 4.73 Å². The Hall–Kier alpha value is -0.980. The van der Waals surface area contributed by atoms with Crippen LogP contribution in [0.5, 0.6) is 0 Å². The molecule has 1 aromatic heterocycles. The van der Waals surface area contributed by atoms with Gasteiger partial charge in [-0.05, 0) is 34.1 Å². The van der Waals surface area contributed by atoms with Crippen LogP contribution < -0.4 is 4.73 Å². The van der Waals surface area contributed by atoms with E-state index in [1.165, 1.54) is 30.5 Å². The Bertz CT molecular complexity index is 633. The van der Waals surface area contributed by atoms with Crippen molar-refractivity contribution in [3.63, 3.8) is 0 Å². The van der Waals surface area contributed by atoms with Gasteiger partial charge in [0.15, 0.2) is 6.20 Å². The number of aromatic nitrogens is 1. The van der Waals surface area contributed by atoms with Crippen LogP contribution >= 0.6 is 27.5 Å². The average Bonchev–Trinajstić information content (AvgIpc) is 2.33. The molecule has 0 radical (unpaired) electrons. The Kier molecular flexibility index (Phi) is 4.54. The first kappa shape index (κ1) is 14.4. The molecular formula is C12H8BrClFNO2S. The minimum Gasteiger partial charge on any atom is -0.618 e. The molecule has 1 unspecified atom stereocenters. The second kappa shape index (κ2) is 5.98. The van der Waals surface area contributed by atoms with Gasteiger partial charge in [0.05, 0.1) is 10.2 Å². The first-order chi connectivity index (χ1) is 8.99. The molecular weight excluding hydrogens is 357 g/mol. The normalized spacial score (nSPS) is 12.4. The van der Waals surface area contributed by atoms with Crippen LogP contribution in [0.25, 0.3) is 0 Å². The van der Waals surface area contributed by atoms with E-state index in [0.717, 1.165) is 0 Å². The van der Waals surface area contributed by atoms with Crippen LogP contribution in [0.3, 0.4) is 0 Å². The summed E-state index contributed by atoms with van der Waals surface area (Å²) in [4.78, 5) is 0. The molecule has 0 spiro atoms. The van der Waals surface area contributed by atoms with E-state index >= 15 is 0 Å². The van der Waals surface area contributed by atoms with Gasteiger partial charge in [-0.15, -0.1) is 0 Å². The number of hydrogen-bond acceptors (Lipinski definition) is 2. The van der Waals surface area contributed by atoms with Gasteiger partial charge < -0.3 is 5.21 Å². The van der Waals surface area contributed by atoms with E-state index in [-0.39, 0.29) is 21.4 Å². The van der Waals surface area contributed by atoms with Gasteiger partial charge in [0, 0.05) is 16.7 Å². The minimum atomic E-state index is -1.67. The average molecular weight is 365 g/mol. The molecule has 3 nitrogen and oxygen atoms in total. The Labute approximate surface area is 125 Å². The third-order valence-electron chi connectivity index (χ3n) is 2.41. The van der Waals surface area contributed by atoms with E-state index < -0.39 is 16.6 Å². The summed E-state index contributed by atoms with van der Waals surface area (Å²) < 4.78 is 26.8. The van der Waals surface area contributed by atoms with Crippen molar-refractivity contribution < 1.29 is 13.3 Å². The maximum absolute atomic E-state index is 13.6. The van der Waals surface area contributed by atoms with Crippen LogP contribution in [0, 0.1) is 11.0 Å². The molecule has 0 aliphatic heterocycles. The number of nitrogens with zero attached hydrogens (tertiary/aromatic N) is 1. The fraction of sp³-hybridized carbons (Fsp3) is 0.0833. The highest BCUT2D eigenvalue weighted by molar-refractivity contribution is 9.10. The molecule has 0 amide bonds.